The van der Waals surface area contributed by atoms with Gasteiger partial charge in [0.1, 0.15) is 5.70 Å². The van der Waals surface area contributed by atoms with Crippen LogP contribution < -0.4 is 10.2 Å². The van der Waals surface area contributed by atoms with E-state index in [0.29, 0.717) is 21.8 Å². The topological polar surface area (TPSA) is 49.4 Å². The number of nitrogens with one attached hydrogen (secondary N) is 1. The Morgan fingerprint density at radius 3 is 2.23 bits per heavy atom. The first-order valence-electron chi connectivity index (χ1n) is 9.80. The third-order valence-corrected chi connectivity index (χ3v) is 5.43. The monoisotopic (exact) mass is 416 g/mol. The van der Waals surface area contributed by atoms with Crippen LogP contribution in [0, 0.1) is 6.92 Å². The van der Waals surface area contributed by atoms with E-state index < -0.39 is 0 Å². The van der Waals surface area contributed by atoms with E-state index in [4.69, 9.17) is 11.6 Å². The molecule has 0 saturated heterocycles. The molecule has 0 radical (unpaired) electrons. The van der Waals surface area contributed by atoms with Crippen molar-refractivity contribution in [3.8, 4) is 0 Å². The van der Waals surface area contributed by atoms with Gasteiger partial charge in [-0.15, -0.1) is 0 Å². The summed E-state index contributed by atoms with van der Waals surface area (Å²) in [5, 5.41) is 3.81. The third-order valence-electron chi connectivity index (χ3n) is 5.20. The zero-order chi connectivity index (χ0) is 21.3. The number of halogens is 1. The largest absolute Gasteiger partial charge is 0.350 e. The van der Waals surface area contributed by atoms with Crippen molar-refractivity contribution in [2.24, 2.45) is 0 Å². The smallest absolute Gasteiger partial charge is 0.282 e. The van der Waals surface area contributed by atoms with Gasteiger partial charge in [-0.3, -0.25) is 9.59 Å². The Balaban J connectivity index is 1.80. The summed E-state index contributed by atoms with van der Waals surface area (Å²) < 4.78 is 0. The summed E-state index contributed by atoms with van der Waals surface area (Å²) in [4.78, 5) is 28.0. The summed E-state index contributed by atoms with van der Waals surface area (Å²) in [7, 11) is 0. The minimum atomic E-state index is -0.377. The van der Waals surface area contributed by atoms with Crippen LogP contribution in [0.3, 0.4) is 0 Å². The van der Waals surface area contributed by atoms with Gasteiger partial charge in [-0.05, 0) is 60.4 Å². The van der Waals surface area contributed by atoms with Crippen molar-refractivity contribution in [3.05, 3.63) is 100 Å². The second-order valence-corrected chi connectivity index (χ2v) is 7.60. The highest BCUT2D eigenvalue weighted by Gasteiger charge is 2.40. The van der Waals surface area contributed by atoms with E-state index in [0.717, 1.165) is 23.2 Å². The number of nitrogens with zero attached hydrogens (tertiary/aromatic N) is 1. The lowest BCUT2D eigenvalue weighted by Gasteiger charge is -2.16. The lowest BCUT2D eigenvalue weighted by molar-refractivity contribution is -0.120. The van der Waals surface area contributed by atoms with E-state index in [2.05, 4.69) is 12.2 Å². The molecule has 2 amide bonds. The fourth-order valence-corrected chi connectivity index (χ4v) is 3.76. The van der Waals surface area contributed by atoms with Crippen molar-refractivity contribution in [1.29, 1.82) is 0 Å². The molecule has 5 heteroatoms. The number of aryl methyl sites for hydroxylation is 2. The first-order valence-corrected chi connectivity index (χ1v) is 10.2. The molecule has 1 aliphatic rings. The fraction of sp³-hybridized carbons (Fsp3) is 0.120. The van der Waals surface area contributed by atoms with Crippen molar-refractivity contribution in [1.82, 2.24) is 0 Å². The van der Waals surface area contributed by atoms with Gasteiger partial charge in [0.2, 0.25) is 0 Å². The molecule has 30 heavy (non-hydrogen) atoms. The van der Waals surface area contributed by atoms with Crippen LogP contribution in [0.4, 0.5) is 11.4 Å². The standard InChI is InChI=1S/C25H21ClN2O2/c1-3-17-9-12-20(13-10-17)28-24(29)22(18-7-5-4-6-8-18)23(25(28)30)27-21-14-11-19(26)15-16(21)2/h4-15,27H,3H2,1-2H3. The molecule has 0 aromatic heterocycles. The van der Waals surface area contributed by atoms with Crippen molar-refractivity contribution < 1.29 is 9.59 Å². The maximum absolute atomic E-state index is 13.4. The van der Waals surface area contributed by atoms with E-state index in [1.54, 1.807) is 6.07 Å². The third kappa shape index (κ3) is 3.62. The van der Waals surface area contributed by atoms with Crippen LogP contribution in [-0.2, 0) is 16.0 Å². The molecule has 4 nitrogen and oxygen atoms in total. The second kappa shape index (κ2) is 8.17. The van der Waals surface area contributed by atoms with E-state index >= 15 is 0 Å². The van der Waals surface area contributed by atoms with E-state index in [1.807, 2.05) is 73.7 Å². The van der Waals surface area contributed by atoms with Crippen LogP contribution in [0.1, 0.15) is 23.6 Å². The lowest BCUT2D eigenvalue weighted by Crippen LogP contribution is -2.32. The fourth-order valence-electron chi connectivity index (χ4n) is 3.54. The molecule has 0 bridgehead atoms. The molecule has 0 saturated carbocycles. The zero-order valence-electron chi connectivity index (χ0n) is 16.8. The predicted octanol–water partition coefficient (Wildman–Crippen LogP) is 5.61. The molecule has 1 N–H and O–H groups in total. The maximum atomic E-state index is 13.4. The number of imide groups is 1. The van der Waals surface area contributed by atoms with Crippen LogP contribution in [0.2, 0.25) is 5.02 Å². The van der Waals surface area contributed by atoms with Crippen LogP contribution in [0.25, 0.3) is 5.57 Å². The van der Waals surface area contributed by atoms with Crippen molar-refractivity contribution >= 4 is 40.4 Å². The number of anilines is 2. The first-order chi connectivity index (χ1) is 14.5. The Morgan fingerprint density at radius 1 is 0.900 bits per heavy atom. The number of carbonyl (C=O) groups excluding carboxylic acids is 2. The Kier molecular flexibility index (Phi) is 5.42. The average Bonchev–Trinajstić information content (AvgIpc) is 3.00. The maximum Gasteiger partial charge on any atom is 0.282 e. The molecular weight excluding hydrogens is 396 g/mol. The van der Waals surface area contributed by atoms with Crippen LogP contribution in [0.15, 0.2) is 78.5 Å². The van der Waals surface area contributed by atoms with Gasteiger partial charge in [-0.1, -0.05) is 61.0 Å². The highest BCUT2D eigenvalue weighted by molar-refractivity contribution is 6.46. The van der Waals surface area contributed by atoms with Crippen molar-refractivity contribution in [3.63, 3.8) is 0 Å². The molecule has 0 fully saturated rings. The summed E-state index contributed by atoms with van der Waals surface area (Å²) in [6.07, 6.45) is 0.887. The lowest BCUT2D eigenvalue weighted by atomic mass is 10.0. The van der Waals surface area contributed by atoms with Gasteiger partial charge in [-0.25, -0.2) is 4.90 Å². The van der Waals surface area contributed by atoms with Crippen LogP contribution in [-0.4, -0.2) is 11.8 Å². The highest BCUT2D eigenvalue weighted by Crippen LogP contribution is 2.34. The normalized spacial score (nSPS) is 13.9. The molecule has 4 rings (SSSR count). The van der Waals surface area contributed by atoms with E-state index in [9.17, 15) is 9.59 Å². The SMILES string of the molecule is CCc1ccc(N2C(=O)C(Nc3ccc(Cl)cc3C)=C(c3ccccc3)C2=O)cc1. The van der Waals surface area contributed by atoms with Gasteiger partial charge in [0.25, 0.3) is 11.8 Å². The molecule has 0 atom stereocenters. The molecule has 150 valence electrons. The van der Waals surface area contributed by atoms with Gasteiger partial charge < -0.3 is 5.32 Å². The molecule has 0 aliphatic carbocycles. The summed E-state index contributed by atoms with van der Waals surface area (Å²) >= 11 is 6.07. The molecular formula is C25H21ClN2O2. The van der Waals surface area contributed by atoms with Gasteiger partial charge in [0, 0.05) is 10.7 Å². The van der Waals surface area contributed by atoms with Crippen LogP contribution >= 0.6 is 11.6 Å². The van der Waals surface area contributed by atoms with Gasteiger partial charge in [-0.2, -0.15) is 0 Å². The van der Waals surface area contributed by atoms with E-state index in [-0.39, 0.29) is 17.5 Å². The zero-order valence-corrected chi connectivity index (χ0v) is 17.5. The number of hydrogen-bond acceptors (Lipinski definition) is 3. The number of carbonyl (C=O) groups is 2. The second-order valence-electron chi connectivity index (χ2n) is 7.17. The van der Waals surface area contributed by atoms with Gasteiger partial charge in [0.15, 0.2) is 0 Å². The Morgan fingerprint density at radius 2 is 1.60 bits per heavy atom. The Bertz CT molecular complexity index is 1150. The summed E-state index contributed by atoms with van der Waals surface area (Å²) in [5.41, 5.74) is 4.62. The number of benzene rings is 3. The molecule has 0 unspecified atom stereocenters. The molecule has 3 aromatic carbocycles. The van der Waals surface area contributed by atoms with Gasteiger partial charge >= 0.3 is 0 Å². The van der Waals surface area contributed by atoms with Crippen molar-refractivity contribution in [2.75, 3.05) is 10.2 Å². The van der Waals surface area contributed by atoms with E-state index in [1.165, 1.54) is 4.90 Å². The summed E-state index contributed by atoms with van der Waals surface area (Å²) in [5.74, 6) is -0.720. The molecule has 1 heterocycles. The Labute approximate surface area is 180 Å². The minimum Gasteiger partial charge on any atom is -0.350 e. The highest BCUT2D eigenvalue weighted by atomic mass is 35.5. The summed E-state index contributed by atoms with van der Waals surface area (Å²) in [6.45, 7) is 3.96. The summed E-state index contributed by atoms with van der Waals surface area (Å²) in [6, 6.07) is 22.1. The molecule has 0 spiro atoms. The molecule has 3 aromatic rings. The Hall–Kier alpha value is -3.37. The number of amides is 2. The van der Waals surface area contributed by atoms with Crippen LogP contribution in [0.5, 0.6) is 0 Å². The quantitative estimate of drug-likeness (QED) is 0.550. The molecule has 1 aliphatic heterocycles. The predicted molar refractivity (Wildman–Crippen MR) is 121 cm³/mol. The number of rotatable bonds is 5. The van der Waals surface area contributed by atoms with Gasteiger partial charge in [0.05, 0.1) is 11.3 Å². The first kappa shape index (κ1) is 19.9. The average molecular weight is 417 g/mol. The minimum absolute atomic E-state index is 0.260. The number of hydrogen-bond donors (Lipinski definition) is 1. The van der Waals surface area contributed by atoms with Crippen molar-refractivity contribution in [2.45, 2.75) is 20.3 Å².